The molecule has 3 aromatic carbocycles. The maximum Gasteiger partial charge on any atom is 0.123 e. The Morgan fingerprint density at radius 2 is 1.57 bits per heavy atom. The molecule has 0 fully saturated rings. The number of phenols is 1. The lowest BCUT2D eigenvalue weighted by atomic mass is 10.1. The number of aliphatic imine (C=N–C) groups is 1. The summed E-state index contributed by atoms with van der Waals surface area (Å²) in [6, 6.07) is 24.2. The molecule has 114 valence electrons. The van der Waals surface area contributed by atoms with Crippen LogP contribution in [0.1, 0.15) is 5.56 Å². The highest BCUT2D eigenvalue weighted by Gasteiger charge is 2.08. The number of nitrogens with zero attached hydrogens (tertiary/aromatic N) is 1. The van der Waals surface area contributed by atoms with Crippen molar-refractivity contribution in [3.63, 3.8) is 0 Å². The zero-order valence-electron chi connectivity index (χ0n) is 12.9. The number of hydrogen-bond acceptors (Lipinski definition) is 2. The molecule has 1 unspecified atom stereocenters. The molecule has 1 atom stereocenters. The molecule has 23 heavy (non-hydrogen) atoms. The van der Waals surface area contributed by atoms with Gasteiger partial charge in [-0.15, -0.1) is 0 Å². The lowest BCUT2D eigenvalue weighted by molar-refractivity contribution is 0.480. The number of rotatable bonds is 4. The molecule has 0 saturated heterocycles. The van der Waals surface area contributed by atoms with Crippen LogP contribution in [0.4, 0.5) is 0 Å². The fourth-order valence-electron chi connectivity index (χ4n) is 2.45. The molecule has 0 aliphatic rings. The minimum atomic E-state index is 0.339. The van der Waals surface area contributed by atoms with Gasteiger partial charge >= 0.3 is 0 Å². The van der Waals surface area contributed by atoms with Gasteiger partial charge in [0.2, 0.25) is 0 Å². The Bertz CT molecular complexity index is 828. The summed E-state index contributed by atoms with van der Waals surface area (Å²) in [5.74, 6) is 0.339. The van der Waals surface area contributed by atoms with Crippen molar-refractivity contribution in [1.29, 1.82) is 0 Å². The standard InChI is InChI=1S/C20H18NOP/c1-21-14-17-9-5-6-10-19(17)23-20-13-16(11-12-18(20)22)15-7-3-2-4-8-15/h2-14,22-23H,1H3. The van der Waals surface area contributed by atoms with Gasteiger partial charge in [0, 0.05) is 18.6 Å². The average molecular weight is 319 g/mol. The van der Waals surface area contributed by atoms with Gasteiger partial charge in [-0.3, -0.25) is 4.99 Å². The highest BCUT2D eigenvalue weighted by atomic mass is 31.1. The minimum absolute atomic E-state index is 0.339. The monoisotopic (exact) mass is 319 g/mol. The van der Waals surface area contributed by atoms with Crippen LogP contribution in [0.5, 0.6) is 5.75 Å². The number of hydrogen-bond donors (Lipinski definition) is 1. The third-order valence-corrected chi connectivity index (χ3v) is 5.00. The molecule has 0 saturated carbocycles. The van der Waals surface area contributed by atoms with Crippen LogP contribution in [0.2, 0.25) is 0 Å². The molecule has 0 aliphatic heterocycles. The summed E-state index contributed by atoms with van der Waals surface area (Å²) in [5.41, 5.74) is 3.37. The summed E-state index contributed by atoms with van der Waals surface area (Å²) < 4.78 is 0. The van der Waals surface area contributed by atoms with Crippen molar-refractivity contribution in [2.24, 2.45) is 4.99 Å². The van der Waals surface area contributed by atoms with E-state index in [2.05, 4.69) is 29.3 Å². The highest BCUT2D eigenvalue weighted by Crippen LogP contribution is 2.25. The van der Waals surface area contributed by atoms with Gasteiger partial charge in [-0.1, -0.05) is 69.2 Å². The fraction of sp³-hybridized carbons (Fsp3) is 0.0500. The van der Waals surface area contributed by atoms with Gasteiger partial charge in [0.1, 0.15) is 5.75 Å². The zero-order chi connectivity index (χ0) is 16.1. The summed E-state index contributed by atoms with van der Waals surface area (Å²) >= 11 is 0. The van der Waals surface area contributed by atoms with E-state index in [0.29, 0.717) is 14.3 Å². The fourth-order valence-corrected chi connectivity index (χ4v) is 3.65. The van der Waals surface area contributed by atoms with Crippen molar-refractivity contribution in [1.82, 2.24) is 0 Å². The third-order valence-electron chi connectivity index (χ3n) is 3.60. The largest absolute Gasteiger partial charge is 0.507 e. The van der Waals surface area contributed by atoms with E-state index >= 15 is 0 Å². The Kier molecular flexibility index (Phi) is 4.85. The summed E-state index contributed by atoms with van der Waals surface area (Å²) in [6.07, 6.45) is 1.86. The Labute approximate surface area is 138 Å². The van der Waals surface area contributed by atoms with Crippen molar-refractivity contribution >= 4 is 25.4 Å². The van der Waals surface area contributed by atoms with E-state index in [1.165, 1.54) is 5.30 Å². The predicted molar refractivity (Wildman–Crippen MR) is 101 cm³/mol. The predicted octanol–water partition coefficient (Wildman–Crippen LogP) is 3.74. The summed E-state index contributed by atoms with van der Waals surface area (Å²) in [5, 5.41) is 12.4. The van der Waals surface area contributed by atoms with Crippen molar-refractivity contribution < 1.29 is 5.11 Å². The molecular weight excluding hydrogens is 301 g/mol. The summed E-state index contributed by atoms with van der Waals surface area (Å²) in [7, 11) is 2.16. The van der Waals surface area contributed by atoms with Crippen molar-refractivity contribution in [2.45, 2.75) is 0 Å². The van der Waals surface area contributed by atoms with Crippen LogP contribution in [0.25, 0.3) is 11.1 Å². The minimum Gasteiger partial charge on any atom is -0.507 e. The molecule has 1 N–H and O–H groups in total. The Morgan fingerprint density at radius 3 is 2.35 bits per heavy atom. The second-order valence-electron chi connectivity index (χ2n) is 5.20. The number of benzene rings is 3. The molecule has 0 spiro atoms. The molecule has 0 radical (unpaired) electrons. The third kappa shape index (κ3) is 3.67. The molecule has 0 heterocycles. The molecule has 3 rings (SSSR count). The van der Waals surface area contributed by atoms with E-state index in [1.807, 2.05) is 48.7 Å². The number of phenolic OH excluding ortho intramolecular Hbond substituents is 1. The molecule has 3 heteroatoms. The maximum absolute atomic E-state index is 10.2. The van der Waals surface area contributed by atoms with Crippen LogP contribution in [0.3, 0.4) is 0 Å². The zero-order valence-corrected chi connectivity index (χ0v) is 13.9. The lowest BCUT2D eigenvalue weighted by Crippen LogP contribution is -2.09. The van der Waals surface area contributed by atoms with Gasteiger partial charge in [-0.05, 0) is 34.1 Å². The second kappa shape index (κ2) is 7.21. The van der Waals surface area contributed by atoms with Crippen LogP contribution in [0.15, 0.2) is 77.8 Å². The first-order valence-electron chi connectivity index (χ1n) is 7.44. The topological polar surface area (TPSA) is 32.6 Å². The van der Waals surface area contributed by atoms with E-state index in [9.17, 15) is 5.11 Å². The quantitative estimate of drug-likeness (QED) is 0.577. The smallest absolute Gasteiger partial charge is 0.123 e. The van der Waals surface area contributed by atoms with E-state index in [-0.39, 0.29) is 0 Å². The van der Waals surface area contributed by atoms with E-state index in [0.717, 1.165) is 22.0 Å². The summed E-state index contributed by atoms with van der Waals surface area (Å²) in [4.78, 5) is 4.11. The first kappa shape index (κ1) is 15.5. The van der Waals surface area contributed by atoms with E-state index < -0.39 is 0 Å². The van der Waals surface area contributed by atoms with Crippen LogP contribution in [0, 0.1) is 0 Å². The summed E-state index contributed by atoms with van der Waals surface area (Å²) in [6.45, 7) is 0. The van der Waals surface area contributed by atoms with Gasteiger partial charge in [0.15, 0.2) is 0 Å². The second-order valence-corrected chi connectivity index (χ2v) is 6.52. The average Bonchev–Trinajstić information content (AvgIpc) is 2.59. The highest BCUT2D eigenvalue weighted by molar-refractivity contribution is 7.56. The van der Waals surface area contributed by atoms with Crippen molar-refractivity contribution in [2.75, 3.05) is 7.05 Å². The molecular formula is C20H18NOP. The molecule has 2 nitrogen and oxygen atoms in total. The molecule has 0 amide bonds. The lowest BCUT2D eigenvalue weighted by Gasteiger charge is -2.10. The van der Waals surface area contributed by atoms with Gasteiger partial charge in [0.05, 0.1) is 0 Å². The molecule has 0 aliphatic carbocycles. The first-order chi connectivity index (χ1) is 11.3. The Balaban J connectivity index is 1.98. The van der Waals surface area contributed by atoms with Gasteiger partial charge in [-0.25, -0.2) is 0 Å². The maximum atomic E-state index is 10.2. The Hall–Kier alpha value is -2.44. The van der Waals surface area contributed by atoms with Crippen LogP contribution in [-0.2, 0) is 0 Å². The van der Waals surface area contributed by atoms with E-state index in [1.54, 1.807) is 13.1 Å². The van der Waals surface area contributed by atoms with Crippen LogP contribution < -0.4 is 10.6 Å². The molecule has 0 bridgehead atoms. The van der Waals surface area contributed by atoms with Crippen molar-refractivity contribution in [3.05, 3.63) is 78.4 Å². The van der Waals surface area contributed by atoms with Crippen LogP contribution in [-0.4, -0.2) is 18.4 Å². The van der Waals surface area contributed by atoms with Crippen molar-refractivity contribution in [3.8, 4) is 16.9 Å². The SMILES string of the molecule is CN=Cc1ccccc1Pc1cc(-c2ccccc2)ccc1O. The Morgan fingerprint density at radius 1 is 0.826 bits per heavy atom. The van der Waals surface area contributed by atoms with E-state index in [4.69, 9.17) is 0 Å². The molecule has 0 aromatic heterocycles. The van der Waals surface area contributed by atoms with Gasteiger partial charge in [-0.2, -0.15) is 0 Å². The number of aromatic hydroxyl groups is 1. The van der Waals surface area contributed by atoms with Crippen LogP contribution >= 0.6 is 8.58 Å². The van der Waals surface area contributed by atoms with Gasteiger partial charge < -0.3 is 5.11 Å². The van der Waals surface area contributed by atoms with Gasteiger partial charge in [0.25, 0.3) is 0 Å². The first-order valence-corrected chi connectivity index (χ1v) is 8.44. The normalized spacial score (nSPS) is 11.5. The molecule has 3 aromatic rings.